The van der Waals surface area contributed by atoms with Crippen LogP contribution in [0.4, 0.5) is 5.69 Å². The van der Waals surface area contributed by atoms with Gasteiger partial charge in [-0.25, -0.2) is 0 Å². The first kappa shape index (κ1) is 12.8. The highest BCUT2D eigenvalue weighted by Crippen LogP contribution is 2.38. The van der Waals surface area contributed by atoms with Gasteiger partial charge in [-0.3, -0.25) is 9.59 Å². The number of fused-ring (bicyclic) bond motifs is 1. The summed E-state index contributed by atoms with van der Waals surface area (Å²) in [5.74, 6) is -0.388. The van der Waals surface area contributed by atoms with Gasteiger partial charge in [-0.2, -0.15) is 0 Å². The van der Waals surface area contributed by atoms with E-state index < -0.39 is 11.5 Å². The van der Waals surface area contributed by atoms with Gasteiger partial charge in [0, 0.05) is 24.1 Å². The average molecular weight is 247 g/mol. The van der Waals surface area contributed by atoms with Crippen LogP contribution >= 0.6 is 0 Å². The molecule has 1 aliphatic heterocycles. The van der Waals surface area contributed by atoms with Crippen LogP contribution in [0.3, 0.4) is 0 Å². The summed E-state index contributed by atoms with van der Waals surface area (Å²) in [6, 6.07) is 6.92. The summed E-state index contributed by atoms with van der Waals surface area (Å²) in [5, 5.41) is 13.1. The van der Waals surface area contributed by atoms with E-state index in [1.165, 1.54) is 0 Å². The van der Waals surface area contributed by atoms with Crippen molar-refractivity contribution in [2.75, 3.05) is 5.32 Å². The van der Waals surface area contributed by atoms with Crippen molar-refractivity contribution in [1.29, 1.82) is 0 Å². The minimum absolute atomic E-state index is 0.0978. The third kappa shape index (κ3) is 2.16. The first-order valence-electron chi connectivity index (χ1n) is 6.08. The van der Waals surface area contributed by atoms with Crippen LogP contribution in [0.25, 0.3) is 0 Å². The lowest BCUT2D eigenvalue weighted by atomic mass is 9.88. The van der Waals surface area contributed by atoms with E-state index in [-0.39, 0.29) is 18.1 Å². The highest BCUT2D eigenvalue weighted by atomic mass is 16.3. The number of Topliss-reactive ketones (excluding diaryl/α,β-unsaturated/α-hetero) is 1. The van der Waals surface area contributed by atoms with Crippen LogP contribution in [0, 0.1) is 5.92 Å². The highest BCUT2D eigenvalue weighted by molar-refractivity contribution is 6.07. The number of aliphatic hydroxyl groups is 1. The molecule has 2 N–H and O–H groups in total. The molecule has 4 heteroatoms. The van der Waals surface area contributed by atoms with E-state index in [2.05, 4.69) is 5.32 Å². The first-order chi connectivity index (χ1) is 8.43. The van der Waals surface area contributed by atoms with Crippen LogP contribution < -0.4 is 5.32 Å². The molecule has 0 saturated heterocycles. The Kier molecular flexibility index (Phi) is 3.22. The SMILES string of the molecule is CC(C)CC(=O)CC1(O)C(=O)Nc2ccccc21. The van der Waals surface area contributed by atoms with Crippen molar-refractivity contribution in [2.24, 2.45) is 5.92 Å². The smallest absolute Gasteiger partial charge is 0.261 e. The molecule has 0 saturated carbocycles. The summed E-state index contributed by atoms with van der Waals surface area (Å²) in [6.07, 6.45) is 0.214. The molecule has 18 heavy (non-hydrogen) atoms. The zero-order valence-electron chi connectivity index (χ0n) is 10.6. The predicted octanol–water partition coefficient (Wildman–Crippen LogP) is 1.83. The molecule has 1 aliphatic rings. The van der Waals surface area contributed by atoms with E-state index in [9.17, 15) is 14.7 Å². The highest BCUT2D eigenvalue weighted by Gasteiger charge is 2.46. The molecule has 1 aromatic rings. The van der Waals surface area contributed by atoms with Gasteiger partial charge < -0.3 is 10.4 Å². The minimum Gasteiger partial charge on any atom is -0.375 e. The molecule has 0 fully saturated rings. The number of anilines is 1. The Balaban J connectivity index is 2.25. The standard InChI is InChI=1S/C14H17NO3/c1-9(2)7-10(16)8-14(18)11-5-3-4-6-12(11)15-13(14)17/h3-6,9,18H,7-8H2,1-2H3,(H,15,17). The van der Waals surface area contributed by atoms with E-state index in [1.807, 2.05) is 13.8 Å². The summed E-state index contributed by atoms with van der Waals surface area (Å²) in [7, 11) is 0. The van der Waals surface area contributed by atoms with Crippen LogP contribution in [0.1, 0.15) is 32.3 Å². The van der Waals surface area contributed by atoms with Gasteiger partial charge in [-0.1, -0.05) is 32.0 Å². The van der Waals surface area contributed by atoms with Crippen LogP contribution in [0.2, 0.25) is 0 Å². The van der Waals surface area contributed by atoms with E-state index in [4.69, 9.17) is 0 Å². The van der Waals surface area contributed by atoms with Crippen molar-refractivity contribution in [3.05, 3.63) is 29.8 Å². The van der Waals surface area contributed by atoms with Gasteiger partial charge in [0.15, 0.2) is 5.60 Å². The lowest BCUT2D eigenvalue weighted by molar-refractivity contribution is -0.140. The van der Waals surface area contributed by atoms with Crippen LogP contribution in [0.5, 0.6) is 0 Å². The Bertz CT molecular complexity index is 496. The molecule has 0 spiro atoms. The number of benzene rings is 1. The van der Waals surface area contributed by atoms with Crippen LogP contribution in [0.15, 0.2) is 24.3 Å². The van der Waals surface area contributed by atoms with E-state index >= 15 is 0 Å². The van der Waals surface area contributed by atoms with Crippen molar-refractivity contribution >= 4 is 17.4 Å². The number of para-hydroxylation sites is 1. The number of ketones is 1. The zero-order valence-corrected chi connectivity index (χ0v) is 10.6. The molecule has 96 valence electrons. The fourth-order valence-electron chi connectivity index (χ4n) is 2.29. The summed E-state index contributed by atoms with van der Waals surface area (Å²) in [4.78, 5) is 23.7. The van der Waals surface area contributed by atoms with Crippen LogP contribution in [-0.4, -0.2) is 16.8 Å². The second-order valence-corrected chi connectivity index (χ2v) is 5.17. The first-order valence-corrected chi connectivity index (χ1v) is 6.08. The maximum atomic E-state index is 11.9. The van der Waals surface area contributed by atoms with Crippen molar-refractivity contribution in [3.8, 4) is 0 Å². The number of carbonyl (C=O) groups is 2. The number of rotatable bonds is 4. The Hall–Kier alpha value is -1.68. The van der Waals surface area contributed by atoms with E-state index in [0.717, 1.165) is 0 Å². The Morgan fingerprint density at radius 3 is 2.72 bits per heavy atom. The van der Waals surface area contributed by atoms with Gasteiger partial charge >= 0.3 is 0 Å². The fraction of sp³-hybridized carbons (Fsp3) is 0.429. The normalized spacial score (nSPS) is 21.9. The molecule has 0 bridgehead atoms. The molecular formula is C14H17NO3. The summed E-state index contributed by atoms with van der Waals surface area (Å²) in [5.41, 5.74) is -0.628. The second-order valence-electron chi connectivity index (χ2n) is 5.17. The number of amides is 1. The van der Waals surface area contributed by atoms with Gasteiger partial charge in [0.2, 0.25) is 0 Å². The van der Waals surface area contributed by atoms with Crippen LogP contribution in [-0.2, 0) is 15.2 Å². The molecule has 1 unspecified atom stereocenters. The summed E-state index contributed by atoms with van der Waals surface area (Å²) in [6.45, 7) is 3.87. The monoisotopic (exact) mass is 247 g/mol. The number of hydrogen-bond donors (Lipinski definition) is 2. The van der Waals surface area contributed by atoms with Crippen molar-refractivity contribution in [3.63, 3.8) is 0 Å². The van der Waals surface area contributed by atoms with Gasteiger partial charge in [0.25, 0.3) is 5.91 Å². The zero-order chi connectivity index (χ0) is 13.3. The second kappa shape index (κ2) is 4.53. The maximum absolute atomic E-state index is 11.9. The molecule has 1 amide bonds. The molecule has 2 rings (SSSR count). The number of carbonyl (C=O) groups excluding carboxylic acids is 2. The fourth-order valence-corrected chi connectivity index (χ4v) is 2.29. The Labute approximate surface area is 106 Å². The molecule has 1 heterocycles. The Morgan fingerprint density at radius 2 is 2.06 bits per heavy atom. The molecule has 0 aromatic heterocycles. The van der Waals surface area contributed by atoms with Gasteiger partial charge in [-0.15, -0.1) is 0 Å². The third-order valence-electron chi connectivity index (χ3n) is 3.09. The summed E-state index contributed by atoms with van der Waals surface area (Å²) >= 11 is 0. The molecule has 4 nitrogen and oxygen atoms in total. The topological polar surface area (TPSA) is 66.4 Å². The van der Waals surface area contributed by atoms with Crippen molar-refractivity contribution < 1.29 is 14.7 Å². The van der Waals surface area contributed by atoms with Gasteiger partial charge in [-0.05, 0) is 12.0 Å². The molecular weight excluding hydrogens is 230 g/mol. The Morgan fingerprint density at radius 1 is 1.39 bits per heavy atom. The third-order valence-corrected chi connectivity index (χ3v) is 3.09. The lowest BCUT2D eigenvalue weighted by Crippen LogP contribution is -2.36. The predicted molar refractivity (Wildman–Crippen MR) is 68.0 cm³/mol. The van der Waals surface area contributed by atoms with E-state index in [1.54, 1.807) is 24.3 Å². The molecule has 0 radical (unpaired) electrons. The molecule has 0 aliphatic carbocycles. The number of nitrogens with one attached hydrogen (secondary N) is 1. The minimum atomic E-state index is -1.71. The lowest BCUT2D eigenvalue weighted by Gasteiger charge is -2.20. The quantitative estimate of drug-likeness (QED) is 0.853. The largest absolute Gasteiger partial charge is 0.375 e. The molecule has 1 atom stereocenters. The molecule has 1 aromatic carbocycles. The van der Waals surface area contributed by atoms with Crippen molar-refractivity contribution in [1.82, 2.24) is 0 Å². The van der Waals surface area contributed by atoms with Crippen molar-refractivity contribution in [2.45, 2.75) is 32.3 Å². The summed E-state index contributed by atoms with van der Waals surface area (Å²) < 4.78 is 0. The van der Waals surface area contributed by atoms with E-state index in [0.29, 0.717) is 17.7 Å². The van der Waals surface area contributed by atoms with Gasteiger partial charge in [0.1, 0.15) is 5.78 Å². The van der Waals surface area contributed by atoms with Gasteiger partial charge in [0.05, 0.1) is 0 Å². The average Bonchev–Trinajstić information content (AvgIpc) is 2.50. The number of hydrogen-bond acceptors (Lipinski definition) is 3. The maximum Gasteiger partial charge on any atom is 0.261 e.